The lowest BCUT2D eigenvalue weighted by Gasteiger charge is -2.19. The van der Waals surface area contributed by atoms with E-state index in [4.69, 9.17) is 9.47 Å². The first-order valence-corrected chi connectivity index (χ1v) is 7.35. The normalized spacial score (nSPS) is 12.7. The van der Waals surface area contributed by atoms with Crippen molar-refractivity contribution in [2.24, 2.45) is 0 Å². The van der Waals surface area contributed by atoms with Crippen molar-refractivity contribution in [1.82, 2.24) is 5.32 Å². The molecule has 120 valence electrons. The van der Waals surface area contributed by atoms with Crippen molar-refractivity contribution in [3.8, 4) is 11.5 Å². The predicted octanol–water partition coefficient (Wildman–Crippen LogP) is 2.33. The van der Waals surface area contributed by atoms with E-state index in [1.54, 1.807) is 30.3 Å². The summed E-state index contributed by atoms with van der Waals surface area (Å²) in [5.41, 5.74) is 1.57. The molecule has 0 spiro atoms. The van der Waals surface area contributed by atoms with Crippen molar-refractivity contribution in [2.45, 2.75) is 6.54 Å². The van der Waals surface area contributed by atoms with E-state index < -0.39 is 0 Å². The van der Waals surface area contributed by atoms with Crippen LogP contribution in [0.3, 0.4) is 0 Å². The van der Waals surface area contributed by atoms with Crippen molar-refractivity contribution in [1.29, 1.82) is 0 Å². The van der Waals surface area contributed by atoms with E-state index in [9.17, 15) is 9.18 Å². The highest BCUT2D eigenvalue weighted by Crippen LogP contribution is 2.32. The standard InChI is InChI=1S/C17H17FN2O3/c18-13-3-1-12(2-4-13)10-19-11-17(21)20-14-5-6-15-16(9-14)23-8-7-22-15/h1-6,9,19H,7-8,10-11H2,(H,20,21). The number of ether oxygens (including phenoxy) is 2. The molecule has 0 fully saturated rings. The van der Waals surface area contributed by atoms with E-state index in [2.05, 4.69) is 10.6 Å². The molecule has 5 nitrogen and oxygen atoms in total. The topological polar surface area (TPSA) is 59.6 Å². The maximum absolute atomic E-state index is 12.8. The summed E-state index contributed by atoms with van der Waals surface area (Å²) in [4.78, 5) is 11.9. The number of halogens is 1. The van der Waals surface area contributed by atoms with E-state index in [1.807, 2.05) is 0 Å². The van der Waals surface area contributed by atoms with Crippen LogP contribution in [0.25, 0.3) is 0 Å². The maximum Gasteiger partial charge on any atom is 0.238 e. The molecular formula is C17H17FN2O3. The first kappa shape index (κ1) is 15.3. The van der Waals surface area contributed by atoms with Gasteiger partial charge in [0.05, 0.1) is 6.54 Å². The van der Waals surface area contributed by atoms with Crippen LogP contribution in [0, 0.1) is 5.82 Å². The summed E-state index contributed by atoms with van der Waals surface area (Å²) in [7, 11) is 0. The number of carbonyl (C=O) groups is 1. The number of fused-ring (bicyclic) bond motifs is 1. The van der Waals surface area contributed by atoms with Gasteiger partial charge in [-0.2, -0.15) is 0 Å². The van der Waals surface area contributed by atoms with Gasteiger partial charge in [-0.3, -0.25) is 4.79 Å². The minimum atomic E-state index is -0.273. The number of hydrogen-bond donors (Lipinski definition) is 2. The Labute approximate surface area is 133 Å². The largest absolute Gasteiger partial charge is 0.486 e. The van der Waals surface area contributed by atoms with Crippen LogP contribution in [-0.4, -0.2) is 25.7 Å². The molecule has 2 aromatic carbocycles. The third kappa shape index (κ3) is 4.20. The van der Waals surface area contributed by atoms with Crippen LogP contribution in [0.5, 0.6) is 11.5 Å². The van der Waals surface area contributed by atoms with Crippen LogP contribution in [0.4, 0.5) is 10.1 Å². The summed E-state index contributed by atoms with van der Waals surface area (Å²) in [5, 5.41) is 5.80. The summed E-state index contributed by atoms with van der Waals surface area (Å²) >= 11 is 0. The fraction of sp³-hybridized carbons (Fsp3) is 0.235. The van der Waals surface area contributed by atoms with Gasteiger partial charge in [0.1, 0.15) is 19.0 Å². The van der Waals surface area contributed by atoms with Gasteiger partial charge in [0.25, 0.3) is 0 Å². The monoisotopic (exact) mass is 316 g/mol. The highest BCUT2D eigenvalue weighted by Gasteiger charge is 2.12. The summed E-state index contributed by atoms with van der Waals surface area (Å²) in [5.74, 6) is 0.880. The second-order valence-electron chi connectivity index (χ2n) is 5.14. The molecule has 0 bridgehead atoms. The van der Waals surface area contributed by atoms with Crippen molar-refractivity contribution in [3.05, 3.63) is 53.8 Å². The van der Waals surface area contributed by atoms with Crippen LogP contribution < -0.4 is 20.1 Å². The zero-order valence-corrected chi connectivity index (χ0v) is 12.5. The highest BCUT2D eigenvalue weighted by atomic mass is 19.1. The molecule has 1 aliphatic rings. The van der Waals surface area contributed by atoms with E-state index in [0.717, 1.165) is 5.56 Å². The number of amides is 1. The lowest BCUT2D eigenvalue weighted by molar-refractivity contribution is -0.115. The Bertz CT molecular complexity index is 689. The van der Waals surface area contributed by atoms with Gasteiger partial charge in [-0.1, -0.05) is 12.1 Å². The molecule has 2 aromatic rings. The first-order valence-electron chi connectivity index (χ1n) is 7.35. The molecule has 23 heavy (non-hydrogen) atoms. The molecule has 0 radical (unpaired) electrons. The predicted molar refractivity (Wildman–Crippen MR) is 84.2 cm³/mol. The third-order valence-corrected chi connectivity index (χ3v) is 3.35. The maximum atomic E-state index is 12.8. The number of nitrogens with one attached hydrogen (secondary N) is 2. The van der Waals surface area contributed by atoms with Crippen molar-refractivity contribution in [2.75, 3.05) is 25.1 Å². The molecule has 0 saturated heterocycles. The minimum Gasteiger partial charge on any atom is -0.486 e. The number of hydrogen-bond acceptors (Lipinski definition) is 4. The van der Waals surface area contributed by atoms with Gasteiger partial charge in [0.2, 0.25) is 5.91 Å². The molecule has 1 heterocycles. The van der Waals surface area contributed by atoms with Crippen LogP contribution in [0.1, 0.15) is 5.56 Å². The fourth-order valence-electron chi connectivity index (χ4n) is 2.25. The number of anilines is 1. The Balaban J connectivity index is 1.48. The molecule has 0 atom stereocenters. The molecule has 0 aromatic heterocycles. The quantitative estimate of drug-likeness (QED) is 0.889. The van der Waals surface area contributed by atoms with Gasteiger partial charge >= 0.3 is 0 Å². The number of benzene rings is 2. The lowest BCUT2D eigenvalue weighted by Crippen LogP contribution is -2.27. The van der Waals surface area contributed by atoms with Gasteiger partial charge in [-0.25, -0.2) is 4.39 Å². The van der Waals surface area contributed by atoms with Crippen molar-refractivity contribution >= 4 is 11.6 Å². The molecule has 0 aliphatic carbocycles. The summed E-state index contributed by atoms with van der Waals surface area (Å²) < 4.78 is 23.7. The zero-order chi connectivity index (χ0) is 16.1. The Morgan fingerprint density at radius 1 is 1.04 bits per heavy atom. The van der Waals surface area contributed by atoms with Gasteiger partial charge in [-0.05, 0) is 29.8 Å². The summed E-state index contributed by atoms with van der Waals surface area (Å²) in [6.07, 6.45) is 0. The Morgan fingerprint density at radius 2 is 1.78 bits per heavy atom. The number of rotatable bonds is 5. The van der Waals surface area contributed by atoms with Crippen LogP contribution >= 0.6 is 0 Å². The summed E-state index contributed by atoms with van der Waals surface area (Å²) in [6.45, 7) is 1.69. The molecule has 6 heteroatoms. The lowest BCUT2D eigenvalue weighted by atomic mass is 10.2. The highest BCUT2D eigenvalue weighted by molar-refractivity contribution is 5.92. The van der Waals surface area contributed by atoms with Crippen LogP contribution in [0.2, 0.25) is 0 Å². The van der Waals surface area contributed by atoms with Crippen LogP contribution in [0.15, 0.2) is 42.5 Å². The van der Waals surface area contributed by atoms with Crippen LogP contribution in [-0.2, 0) is 11.3 Å². The van der Waals surface area contributed by atoms with Crippen molar-refractivity contribution < 1.29 is 18.7 Å². The van der Waals surface area contributed by atoms with E-state index in [-0.39, 0.29) is 18.3 Å². The average Bonchev–Trinajstić information content (AvgIpc) is 2.56. The average molecular weight is 316 g/mol. The smallest absolute Gasteiger partial charge is 0.238 e. The molecule has 3 rings (SSSR count). The van der Waals surface area contributed by atoms with E-state index >= 15 is 0 Å². The zero-order valence-electron chi connectivity index (χ0n) is 12.5. The molecule has 2 N–H and O–H groups in total. The number of carbonyl (C=O) groups excluding carboxylic acids is 1. The molecule has 0 saturated carbocycles. The van der Waals surface area contributed by atoms with E-state index in [0.29, 0.717) is 36.9 Å². The molecule has 1 aliphatic heterocycles. The Kier molecular flexibility index (Phi) is 4.73. The molecule has 1 amide bonds. The van der Waals surface area contributed by atoms with Gasteiger partial charge in [-0.15, -0.1) is 0 Å². The molecular weight excluding hydrogens is 299 g/mol. The SMILES string of the molecule is O=C(CNCc1ccc(F)cc1)Nc1ccc2c(c1)OCCO2. The third-order valence-electron chi connectivity index (χ3n) is 3.35. The first-order chi connectivity index (χ1) is 11.2. The second kappa shape index (κ2) is 7.11. The van der Waals surface area contributed by atoms with E-state index in [1.165, 1.54) is 12.1 Å². The Morgan fingerprint density at radius 3 is 2.57 bits per heavy atom. The Hall–Kier alpha value is -2.60. The second-order valence-corrected chi connectivity index (χ2v) is 5.14. The fourth-order valence-corrected chi connectivity index (χ4v) is 2.25. The van der Waals surface area contributed by atoms with Gasteiger partial charge in [0, 0.05) is 18.3 Å². The minimum absolute atomic E-state index is 0.159. The van der Waals surface area contributed by atoms with Crippen molar-refractivity contribution in [3.63, 3.8) is 0 Å². The van der Waals surface area contributed by atoms with Gasteiger partial charge < -0.3 is 20.1 Å². The molecule has 0 unspecified atom stereocenters. The summed E-state index contributed by atoms with van der Waals surface area (Å²) in [6, 6.07) is 11.4. The van der Waals surface area contributed by atoms with Gasteiger partial charge in [0.15, 0.2) is 11.5 Å².